The van der Waals surface area contributed by atoms with Crippen LogP contribution in [-0.4, -0.2) is 23.4 Å². The molecule has 4 N–H and O–H groups in total. The molecule has 0 fully saturated rings. The van der Waals surface area contributed by atoms with Gasteiger partial charge in [-0.15, -0.1) is 11.3 Å². The van der Waals surface area contributed by atoms with Crippen LogP contribution in [0.25, 0.3) is 0 Å². The van der Waals surface area contributed by atoms with E-state index < -0.39 is 6.04 Å². The summed E-state index contributed by atoms with van der Waals surface area (Å²) in [4.78, 5) is 25.2. The lowest BCUT2D eigenvalue weighted by Crippen LogP contribution is -2.50. The zero-order valence-corrected chi connectivity index (χ0v) is 12.8. The summed E-state index contributed by atoms with van der Waals surface area (Å²) in [6.45, 7) is 9.18. The van der Waals surface area contributed by atoms with Crippen molar-refractivity contribution in [2.45, 2.75) is 46.2 Å². The second-order valence-electron chi connectivity index (χ2n) is 5.56. The molecule has 0 aliphatic carbocycles. The molecule has 106 valence electrons. The lowest BCUT2D eigenvalue weighted by atomic mass is 10.1. The van der Waals surface area contributed by atoms with Crippen LogP contribution in [0.4, 0.5) is 5.69 Å². The first-order chi connectivity index (χ1) is 8.60. The molecule has 1 rings (SSSR count). The Hall–Kier alpha value is -1.56. The van der Waals surface area contributed by atoms with Crippen molar-refractivity contribution in [3.8, 4) is 0 Å². The van der Waals surface area contributed by atoms with Gasteiger partial charge >= 0.3 is 0 Å². The van der Waals surface area contributed by atoms with Crippen molar-refractivity contribution in [1.29, 1.82) is 0 Å². The van der Waals surface area contributed by atoms with Crippen molar-refractivity contribution >= 4 is 28.8 Å². The van der Waals surface area contributed by atoms with Crippen LogP contribution in [0.5, 0.6) is 0 Å². The fourth-order valence-electron chi connectivity index (χ4n) is 1.42. The van der Waals surface area contributed by atoms with Crippen LogP contribution in [0.15, 0.2) is 6.07 Å². The van der Waals surface area contributed by atoms with E-state index in [9.17, 15) is 9.59 Å². The number of anilines is 1. The van der Waals surface area contributed by atoms with Gasteiger partial charge < -0.3 is 16.4 Å². The first kappa shape index (κ1) is 15.5. The molecule has 5 nitrogen and oxygen atoms in total. The van der Waals surface area contributed by atoms with Gasteiger partial charge in [-0.3, -0.25) is 9.59 Å². The van der Waals surface area contributed by atoms with E-state index in [1.807, 2.05) is 27.7 Å². The molecule has 2 amide bonds. The minimum atomic E-state index is -0.588. The first-order valence-electron chi connectivity index (χ1n) is 6.09. The van der Waals surface area contributed by atoms with Gasteiger partial charge in [-0.2, -0.15) is 0 Å². The second-order valence-corrected chi connectivity index (χ2v) is 6.81. The van der Waals surface area contributed by atoms with Gasteiger partial charge in [0.15, 0.2) is 0 Å². The van der Waals surface area contributed by atoms with Gasteiger partial charge in [0.2, 0.25) is 5.91 Å². The number of amides is 2. The third-order valence-electron chi connectivity index (χ3n) is 2.42. The van der Waals surface area contributed by atoms with E-state index in [2.05, 4.69) is 10.6 Å². The fourth-order valence-corrected chi connectivity index (χ4v) is 2.26. The molecular weight excluding hydrogens is 262 g/mol. The number of nitrogens with two attached hydrogens (primary N) is 1. The Labute approximate surface area is 117 Å². The van der Waals surface area contributed by atoms with E-state index in [1.54, 1.807) is 13.0 Å². The van der Waals surface area contributed by atoms with Crippen molar-refractivity contribution in [3.05, 3.63) is 15.8 Å². The van der Waals surface area contributed by atoms with Gasteiger partial charge in [0.1, 0.15) is 6.04 Å². The molecular formula is C13H21N3O2S. The Morgan fingerprint density at radius 1 is 1.37 bits per heavy atom. The van der Waals surface area contributed by atoms with Crippen LogP contribution >= 0.6 is 11.3 Å². The minimum Gasteiger partial charge on any atom is -0.398 e. The van der Waals surface area contributed by atoms with E-state index in [0.717, 1.165) is 4.88 Å². The van der Waals surface area contributed by atoms with E-state index >= 15 is 0 Å². The fraction of sp³-hybridized carbons (Fsp3) is 0.538. The maximum atomic E-state index is 12.0. The number of carbonyl (C=O) groups is 2. The van der Waals surface area contributed by atoms with Gasteiger partial charge in [0, 0.05) is 16.1 Å². The number of rotatable bonds is 3. The van der Waals surface area contributed by atoms with Crippen molar-refractivity contribution < 1.29 is 9.59 Å². The Morgan fingerprint density at radius 2 is 1.95 bits per heavy atom. The number of nitrogens with one attached hydrogen (secondary N) is 2. The highest BCUT2D eigenvalue weighted by Crippen LogP contribution is 2.23. The number of carbonyl (C=O) groups excluding carboxylic acids is 2. The van der Waals surface area contributed by atoms with Gasteiger partial charge in [-0.25, -0.2) is 0 Å². The standard InChI is InChI=1S/C13H21N3O2S/c1-7(11(17)16-13(3,4)5)15-12(18)10-6-9(14)8(2)19-10/h6-7H,14H2,1-5H3,(H,15,18)(H,16,17). The molecule has 0 aliphatic rings. The molecule has 6 heteroatoms. The third kappa shape index (κ3) is 4.55. The number of thiophene rings is 1. The van der Waals surface area contributed by atoms with Crippen LogP contribution in [0, 0.1) is 6.92 Å². The van der Waals surface area contributed by atoms with Crippen molar-refractivity contribution in [2.75, 3.05) is 5.73 Å². The predicted octanol–water partition coefficient (Wildman–Crippen LogP) is 1.67. The quantitative estimate of drug-likeness (QED) is 0.789. The van der Waals surface area contributed by atoms with E-state index in [4.69, 9.17) is 5.73 Å². The highest BCUT2D eigenvalue weighted by molar-refractivity contribution is 7.14. The van der Waals surface area contributed by atoms with Crippen molar-refractivity contribution in [3.63, 3.8) is 0 Å². The number of aryl methyl sites for hydroxylation is 1. The molecule has 1 aromatic rings. The van der Waals surface area contributed by atoms with Crippen LogP contribution < -0.4 is 16.4 Å². The summed E-state index contributed by atoms with van der Waals surface area (Å²) in [5.41, 5.74) is 5.98. The Bertz CT molecular complexity index is 469. The Balaban J connectivity index is 2.64. The molecule has 1 aromatic heterocycles. The molecule has 19 heavy (non-hydrogen) atoms. The third-order valence-corrected chi connectivity index (χ3v) is 3.48. The lowest BCUT2D eigenvalue weighted by molar-refractivity contribution is -0.124. The van der Waals surface area contributed by atoms with Crippen LogP contribution in [-0.2, 0) is 4.79 Å². The lowest BCUT2D eigenvalue weighted by Gasteiger charge is -2.23. The Morgan fingerprint density at radius 3 is 2.37 bits per heavy atom. The largest absolute Gasteiger partial charge is 0.398 e. The summed E-state index contributed by atoms with van der Waals surface area (Å²) in [5, 5.41) is 5.48. The van der Waals surface area contributed by atoms with Crippen LogP contribution in [0.1, 0.15) is 42.2 Å². The summed E-state index contributed by atoms with van der Waals surface area (Å²) >= 11 is 1.32. The first-order valence-corrected chi connectivity index (χ1v) is 6.90. The van der Waals surface area contributed by atoms with E-state index in [0.29, 0.717) is 10.6 Å². The maximum absolute atomic E-state index is 12.0. The molecule has 1 heterocycles. The molecule has 0 radical (unpaired) electrons. The molecule has 0 saturated heterocycles. The monoisotopic (exact) mass is 283 g/mol. The molecule has 0 bridgehead atoms. The average molecular weight is 283 g/mol. The molecule has 1 unspecified atom stereocenters. The highest BCUT2D eigenvalue weighted by atomic mass is 32.1. The van der Waals surface area contributed by atoms with Crippen molar-refractivity contribution in [2.24, 2.45) is 0 Å². The summed E-state index contributed by atoms with van der Waals surface area (Å²) < 4.78 is 0. The summed E-state index contributed by atoms with van der Waals surface area (Å²) in [5.74, 6) is -0.483. The number of nitrogen functional groups attached to an aromatic ring is 1. The topological polar surface area (TPSA) is 84.2 Å². The predicted molar refractivity (Wildman–Crippen MR) is 78.3 cm³/mol. The molecule has 0 spiro atoms. The maximum Gasteiger partial charge on any atom is 0.262 e. The summed E-state index contributed by atoms with van der Waals surface area (Å²) in [6.07, 6.45) is 0. The zero-order valence-electron chi connectivity index (χ0n) is 12.0. The summed E-state index contributed by atoms with van der Waals surface area (Å²) in [6, 6.07) is 1.04. The van der Waals surface area contributed by atoms with Crippen LogP contribution in [0.2, 0.25) is 0 Å². The molecule has 1 atom stereocenters. The SMILES string of the molecule is Cc1sc(C(=O)NC(C)C(=O)NC(C)(C)C)cc1N. The number of hydrogen-bond acceptors (Lipinski definition) is 4. The zero-order chi connectivity index (χ0) is 14.8. The van der Waals surface area contributed by atoms with Crippen LogP contribution in [0.3, 0.4) is 0 Å². The highest BCUT2D eigenvalue weighted by Gasteiger charge is 2.21. The van der Waals surface area contributed by atoms with Crippen molar-refractivity contribution in [1.82, 2.24) is 10.6 Å². The second kappa shape index (κ2) is 5.61. The van der Waals surface area contributed by atoms with Gasteiger partial charge in [-0.1, -0.05) is 0 Å². The van der Waals surface area contributed by atoms with Gasteiger partial charge in [-0.05, 0) is 40.7 Å². The van der Waals surface area contributed by atoms with E-state index in [-0.39, 0.29) is 17.4 Å². The molecule has 0 saturated carbocycles. The smallest absolute Gasteiger partial charge is 0.262 e. The van der Waals surface area contributed by atoms with Gasteiger partial charge in [0.25, 0.3) is 5.91 Å². The van der Waals surface area contributed by atoms with E-state index in [1.165, 1.54) is 11.3 Å². The normalized spacial score (nSPS) is 12.9. The molecule has 0 aliphatic heterocycles. The average Bonchev–Trinajstić information content (AvgIpc) is 2.56. The minimum absolute atomic E-state index is 0.206. The number of hydrogen-bond donors (Lipinski definition) is 3. The Kier molecular flexibility index (Phi) is 4.57. The summed E-state index contributed by atoms with van der Waals surface area (Å²) in [7, 11) is 0. The van der Waals surface area contributed by atoms with Gasteiger partial charge in [0.05, 0.1) is 4.88 Å². The molecule has 0 aromatic carbocycles.